The fraction of sp³-hybridized carbons (Fsp3) is 0.176. The molecule has 0 saturated carbocycles. The van der Waals surface area contributed by atoms with Gasteiger partial charge in [-0.25, -0.2) is 9.78 Å². The molecular formula is C17H15NO3. The van der Waals surface area contributed by atoms with Crippen LogP contribution in [-0.2, 0) is 16.0 Å². The maximum absolute atomic E-state index is 11.7. The summed E-state index contributed by atoms with van der Waals surface area (Å²) in [4.78, 5) is 16.0. The van der Waals surface area contributed by atoms with Crippen molar-refractivity contribution >= 4 is 12.0 Å². The molecule has 0 amide bonds. The highest BCUT2D eigenvalue weighted by Gasteiger charge is 2.20. The van der Waals surface area contributed by atoms with Gasteiger partial charge in [0.25, 0.3) is 0 Å². The predicted molar refractivity (Wildman–Crippen MR) is 79.1 cm³/mol. The minimum atomic E-state index is -0.265. The van der Waals surface area contributed by atoms with E-state index in [-0.39, 0.29) is 5.97 Å². The summed E-state index contributed by atoms with van der Waals surface area (Å²) in [5, 5.41) is 0. The average molecular weight is 281 g/mol. The first kappa shape index (κ1) is 13.4. The quantitative estimate of drug-likeness (QED) is 0.806. The van der Waals surface area contributed by atoms with E-state index in [1.807, 2.05) is 42.5 Å². The number of carbonyl (C=O) groups is 1. The normalized spacial score (nSPS) is 12.5. The van der Waals surface area contributed by atoms with Gasteiger partial charge in [0.2, 0.25) is 5.88 Å². The second-order valence-corrected chi connectivity index (χ2v) is 4.70. The Morgan fingerprint density at radius 2 is 2.10 bits per heavy atom. The van der Waals surface area contributed by atoms with Crippen molar-refractivity contribution in [3.63, 3.8) is 0 Å². The third-order valence-corrected chi connectivity index (χ3v) is 3.21. The SMILES string of the molecule is CCOC(=O)C1=Cc2cc(Oc3ccccc3)ncc2C1. The smallest absolute Gasteiger partial charge is 0.334 e. The average Bonchev–Trinajstić information content (AvgIpc) is 2.92. The maximum Gasteiger partial charge on any atom is 0.334 e. The zero-order valence-corrected chi connectivity index (χ0v) is 11.7. The number of carbonyl (C=O) groups excluding carboxylic acids is 1. The molecule has 21 heavy (non-hydrogen) atoms. The van der Waals surface area contributed by atoms with Gasteiger partial charge in [0.15, 0.2) is 0 Å². The van der Waals surface area contributed by atoms with Crippen molar-refractivity contribution < 1.29 is 14.3 Å². The topological polar surface area (TPSA) is 48.4 Å². The number of aromatic nitrogens is 1. The zero-order chi connectivity index (χ0) is 14.7. The van der Waals surface area contributed by atoms with Crippen molar-refractivity contribution in [3.8, 4) is 11.6 Å². The van der Waals surface area contributed by atoms with Gasteiger partial charge in [0, 0.05) is 24.3 Å². The van der Waals surface area contributed by atoms with E-state index in [1.54, 1.807) is 13.1 Å². The van der Waals surface area contributed by atoms with E-state index in [0.29, 0.717) is 24.5 Å². The van der Waals surface area contributed by atoms with E-state index in [2.05, 4.69) is 4.98 Å². The van der Waals surface area contributed by atoms with Crippen LogP contribution < -0.4 is 4.74 Å². The monoisotopic (exact) mass is 281 g/mol. The van der Waals surface area contributed by atoms with Crippen LogP contribution in [0, 0.1) is 0 Å². The number of esters is 1. The van der Waals surface area contributed by atoms with Gasteiger partial charge in [0.05, 0.1) is 6.61 Å². The van der Waals surface area contributed by atoms with Crippen LogP contribution in [-0.4, -0.2) is 17.6 Å². The second-order valence-electron chi connectivity index (χ2n) is 4.70. The fourth-order valence-corrected chi connectivity index (χ4v) is 2.23. The molecule has 0 aliphatic heterocycles. The first-order valence-electron chi connectivity index (χ1n) is 6.86. The Hall–Kier alpha value is -2.62. The number of nitrogens with zero attached hydrogens (tertiary/aromatic N) is 1. The van der Waals surface area contributed by atoms with Crippen LogP contribution in [0.15, 0.2) is 48.2 Å². The van der Waals surface area contributed by atoms with Crippen molar-refractivity contribution in [3.05, 3.63) is 59.3 Å². The molecule has 4 nitrogen and oxygen atoms in total. The number of para-hydroxylation sites is 1. The van der Waals surface area contributed by atoms with E-state index in [0.717, 1.165) is 16.9 Å². The van der Waals surface area contributed by atoms with Gasteiger partial charge in [-0.1, -0.05) is 18.2 Å². The van der Waals surface area contributed by atoms with E-state index in [4.69, 9.17) is 9.47 Å². The summed E-state index contributed by atoms with van der Waals surface area (Å²) in [6, 6.07) is 11.3. The molecule has 0 spiro atoms. The Kier molecular flexibility index (Phi) is 3.69. The molecule has 106 valence electrons. The lowest BCUT2D eigenvalue weighted by Gasteiger charge is -2.05. The number of hydrogen-bond acceptors (Lipinski definition) is 4. The Labute approximate surface area is 123 Å². The standard InChI is InChI=1S/C17H15NO3/c1-2-20-17(19)13-8-12-10-16(18-11-14(12)9-13)21-15-6-4-3-5-7-15/h3-8,10-11H,2,9H2,1H3. The molecule has 4 heteroatoms. The Bertz CT molecular complexity index is 692. The summed E-state index contributed by atoms with van der Waals surface area (Å²) >= 11 is 0. The van der Waals surface area contributed by atoms with Crippen molar-refractivity contribution in [1.82, 2.24) is 4.98 Å². The van der Waals surface area contributed by atoms with Gasteiger partial charge in [-0.2, -0.15) is 0 Å². The summed E-state index contributed by atoms with van der Waals surface area (Å²) < 4.78 is 10.7. The number of pyridine rings is 1. The van der Waals surface area contributed by atoms with Crippen molar-refractivity contribution in [2.75, 3.05) is 6.61 Å². The summed E-state index contributed by atoms with van der Waals surface area (Å²) in [7, 11) is 0. The molecule has 0 unspecified atom stereocenters. The molecule has 2 aromatic rings. The zero-order valence-electron chi connectivity index (χ0n) is 11.7. The van der Waals surface area contributed by atoms with Crippen LogP contribution in [0.2, 0.25) is 0 Å². The Morgan fingerprint density at radius 1 is 1.29 bits per heavy atom. The van der Waals surface area contributed by atoms with Crippen LogP contribution >= 0.6 is 0 Å². The number of fused-ring (bicyclic) bond motifs is 1. The van der Waals surface area contributed by atoms with Crippen LogP contribution in [0.25, 0.3) is 6.08 Å². The Balaban J connectivity index is 1.80. The van der Waals surface area contributed by atoms with Crippen LogP contribution in [0.1, 0.15) is 18.1 Å². The lowest BCUT2D eigenvalue weighted by atomic mass is 10.1. The van der Waals surface area contributed by atoms with E-state index < -0.39 is 0 Å². The predicted octanol–water partition coefficient (Wildman–Crippen LogP) is 3.38. The van der Waals surface area contributed by atoms with Gasteiger partial charge in [-0.3, -0.25) is 0 Å². The maximum atomic E-state index is 11.7. The number of rotatable bonds is 4. The molecule has 1 aliphatic rings. The minimum absolute atomic E-state index is 0.265. The van der Waals surface area contributed by atoms with Gasteiger partial charge in [0.1, 0.15) is 5.75 Å². The molecule has 1 heterocycles. The molecule has 0 bridgehead atoms. The largest absolute Gasteiger partial charge is 0.463 e. The van der Waals surface area contributed by atoms with Crippen LogP contribution in [0.3, 0.4) is 0 Å². The molecule has 1 aliphatic carbocycles. The van der Waals surface area contributed by atoms with Crippen molar-refractivity contribution in [1.29, 1.82) is 0 Å². The first-order chi connectivity index (χ1) is 10.3. The molecule has 0 fully saturated rings. The van der Waals surface area contributed by atoms with E-state index >= 15 is 0 Å². The molecule has 3 rings (SSSR count). The molecule has 0 N–H and O–H groups in total. The van der Waals surface area contributed by atoms with Gasteiger partial charge < -0.3 is 9.47 Å². The highest BCUT2D eigenvalue weighted by atomic mass is 16.5. The van der Waals surface area contributed by atoms with Gasteiger partial charge in [-0.15, -0.1) is 0 Å². The highest BCUT2D eigenvalue weighted by molar-refractivity contribution is 5.96. The van der Waals surface area contributed by atoms with Crippen LogP contribution in [0.4, 0.5) is 0 Å². The van der Waals surface area contributed by atoms with E-state index in [9.17, 15) is 4.79 Å². The molecule has 1 aromatic heterocycles. The van der Waals surface area contributed by atoms with Crippen molar-refractivity contribution in [2.24, 2.45) is 0 Å². The molecule has 0 atom stereocenters. The highest BCUT2D eigenvalue weighted by Crippen LogP contribution is 2.29. The van der Waals surface area contributed by atoms with E-state index in [1.165, 1.54) is 0 Å². The molecule has 0 saturated heterocycles. The lowest BCUT2D eigenvalue weighted by molar-refractivity contribution is -0.138. The molecule has 0 radical (unpaired) electrons. The Morgan fingerprint density at radius 3 is 2.86 bits per heavy atom. The summed E-state index contributed by atoms with van der Waals surface area (Å²) in [6.07, 6.45) is 4.15. The molecule has 1 aromatic carbocycles. The molecular weight excluding hydrogens is 266 g/mol. The third-order valence-electron chi connectivity index (χ3n) is 3.21. The van der Waals surface area contributed by atoms with Gasteiger partial charge >= 0.3 is 5.97 Å². The summed E-state index contributed by atoms with van der Waals surface area (Å²) in [5.74, 6) is 0.984. The number of ether oxygens (including phenoxy) is 2. The van der Waals surface area contributed by atoms with Gasteiger partial charge in [-0.05, 0) is 36.3 Å². The summed E-state index contributed by atoms with van der Waals surface area (Å²) in [6.45, 7) is 2.18. The first-order valence-corrected chi connectivity index (χ1v) is 6.86. The third kappa shape index (κ3) is 2.94. The lowest BCUT2D eigenvalue weighted by Crippen LogP contribution is -2.07. The fourth-order valence-electron chi connectivity index (χ4n) is 2.23. The second kappa shape index (κ2) is 5.79. The minimum Gasteiger partial charge on any atom is -0.463 e. The number of hydrogen-bond donors (Lipinski definition) is 0. The summed E-state index contributed by atoms with van der Waals surface area (Å²) in [5.41, 5.74) is 2.63. The number of benzene rings is 1. The van der Waals surface area contributed by atoms with Crippen LogP contribution in [0.5, 0.6) is 11.6 Å². The van der Waals surface area contributed by atoms with Crippen molar-refractivity contribution in [2.45, 2.75) is 13.3 Å².